The van der Waals surface area contributed by atoms with Crippen LogP contribution in [0.3, 0.4) is 0 Å². The maximum Gasteiger partial charge on any atom is 0.308 e. The molecule has 0 bridgehead atoms. The normalized spacial score (nSPS) is 14.2. The van der Waals surface area contributed by atoms with Crippen LogP contribution >= 0.6 is 0 Å². The van der Waals surface area contributed by atoms with Gasteiger partial charge in [0.25, 0.3) is 5.56 Å². The molecule has 1 aromatic carbocycles. The number of carbonyl (C=O) groups is 1. The number of carbonyl (C=O) groups excluding carboxylic acids is 1. The highest BCUT2D eigenvalue weighted by Gasteiger charge is 2.20. The molecule has 1 saturated heterocycles. The van der Waals surface area contributed by atoms with Crippen LogP contribution in [0.4, 0.5) is 5.69 Å². The van der Waals surface area contributed by atoms with Crippen molar-refractivity contribution in [2.45, 2.75) is 79.4 Å². The summed E-state index contributed by atoms with van der Waals surface area (Å²) in [5, 5.41) is 4.68. The molecule has 6 heteroatoms. The summed E-state index contributed by atoms with van der Waals surface area (Å²) < 4.78 is 6.64. The van der Waals surface area contributed by atoms with E-state index in [2.05, 4.69) is 22.1 Å². The van der Waals surface area contributed by atoms with Crippen LogP contribution in [0.2, 0.25) is 0 Å². The van der Waals surface area contributed by atoms with E-state index in [4.69, 9.17) is 4.74 Å². The molecule has 0 N–H and O–H groups in total. The van der Waals surface area contributed by atoms with Crippen LogP contribution < -0.4 is 10.5 Å². The maximum atomic E-state index is 12.4. The lowest BCUT2D eigenvalue weighted by atomic mass is 10.1. The number of ether oxygens (including phenoxy) is 1. The molecule has 0 radical (unpaired) electrons. The Balaban J connectivity index is 0.000000309. The third-order valence-corrected chi connectivity index (χ3v) is 5.05. The zero-order valence-corrected chi connectivity index (χ0v) is 20.7. The average molecular weight is 442 g/mol. The van der Waals surface area contributed by atoms with Crippen molar-refractivity contribution in [3.8, 4) is 11.3 Å². The first-order valence-corrected chi connectivity index (χ1v) is 11.7. The van der Waals surface area contributed by atoms with Gasteiger partial charge in [0.1, 0.15) is 11.3 Å². The van der Waals surface area contributed by atoms with Crippen molar-refractivity contribution in [2.75, 3.05) is 18.0 Å². The van der Waals surface area contributed by atoms with E-state index < -0.39 is 0 Å². The van der Waals surface area contributed by atoms with Crippen LogP contribution in [0.5, 0.6) is 0 Å². The van der Waals surface area contributed by atoms with Gasteiger partial charge < -0.3 is 9.64 Å². The van der Waals surface area contributed by atoms with Crippen molar-refractivity contribution in [3.05, 3.63) is 46.8 Å². The zero-order chi connectivity index (χ0) is 23.9. The highest BCUT2D eigenvalue weighted by atomic mass is 16.6. The van der Waals surface area contributed by atoms with E-state index in [0.717, 1.165) is 30.0 Å². The van der Waals surface area contributed by atoms with Crippen LogP contribution in [0, 0.1) is 5.92 Å². The van der Waals surface area contributed by atoms with Gasteiger partial charge in [0, 0.05) is 24.7 Å². The number of anilines is 1. The van der Waals surface area contributed by atoms with E-state index in [-0.39, 0.29) is 29.1 Å². The van der Waals surface area contributed by atoms with Gasteiger partial charge in [-0.2, -0.15) is 5.10 Å². The monoisotopic (exact) mass is 441 g/mol. The lowest BCUT2D eigenvalue weighted by molar-refractivity contribution is -0.158. The van der Waals surface area contributed by atoms with Gasteiger partial charge in [0.15, 0.2) is 0 Å². The van der Waals surface area contributed by atoms with Gasteiger partial charge in [-0.25, -0.2) is 4.68 Å². The maximum absolute atomic E-state index is 12.4. The highest BCUT2D eigenvalue weighted by molar-refractivity contribution is 5.74. The molecule has 0 aliphatic carbocycles. The molecule has 3 rings (SSSR count). The van der Waals surface area contributed by atoms with Gasteiger partial charge in [0.2, 0.25) is 0 Å². The minimum absolute atomic E-state index is 0.0183. The molecule has 0 spiro atoms. The molecule has 1 aromatic heterocycles. The van der Waals surface area contributed by atoms with Crippen LogP contribution in [-0.2, 0) is 9.53 Å². The van der Waals surface area contributed by atoms with Crippen molar-refractivity contribution in [1.82, 2.24) is 9.78 Å². The largest absolute Gasteiger partial charge is 0.460 e. The van der Waals surface area contributed by atoms with E-state index >= 15 is 0 Å². The lowest BCUT2D eigenvalue weighted by Crippen LogP contribution is -2.33. The first-order valence-electron chi connectivity index (χ1n) is 11.7. The number of rotatable bonds is 4. The zero-order valence-electron chi connectivity index (χ0n) is 20.7. The molecule has 6 nitrogen and oxygen atoms in total. The molecular weight excluding hydrogens is 402 g/mol. The van der Waals surface area contributed by atoms with Crippen molar-refractivity contribution in [3.63, 3.8) is 0 Å². The Hall–Kier alpha value is -2.63. The number of esters is 1. The van der Waals surface area contributed by atoms with E-state index in [1.807, 2.05) is 66.7 Å². The number of hydrogen-bond acceptors (Lipinski definition) is 5. The van der Waals surface area contributed by atoms with E-state index in [9.17, 15) is 9.59 Å². The topological polar surface area (TPSA) is 64.4 Å². The SMILES string of the molecule is CC(C)C(=O)OC(C)(C)C.CC(C)n1nc(-c2ccccc2)c(N2CCCCC2)cc1=O. The summed E-state index contributed by atoms with van der Waals surface area (Å²) in [4.78, 5) is 25.6. The van der Waals surface area contributed by atoms with Gasteiger partial charge in [-0.1, -0.05) is 44.2 Å². The Kier molecular flexibility index (Phi) is 9.05. The summed E-state index contributed by atoms with van der Waals surface area (Å²) in [5.74, 6) is -0.160. The molecule has 2 aromatic rings. The number of nitrogens with zero attached hydrogens (tertiary/aromatic N) is 3. The molecule has 2 heterocycles. The van der Waals surface area contributed by atoms with Crippen LogP contribution in [0.15, 0.2) is 41.2 Å². The molecule has 32 heavy (non-hydrogen) atoms. The molecule has 1 fully saturated rings. The number of benzene rings is 1. The first-order chi connectivity index (χ1) is 15.0. The Labute approximate surface area is 192 Å². The second kappa shape index (κ2) is 11.3. The fourth-order valence-electron chi connectivity index (χ4n) is 3.43. The van der Waals surface area contributed by atoms with E-state index in [0.29, 0.717) is 0 Å². The van der Waals surface area contributed by atoms with Crippen LogP contribution in [0.1, 0.15) is 73.8 Å². The minimum Gasteiger partial charge on any atom is -0.460 e. The third-order valence-electron chi connectivity index (χ3n) is 5.05. The summed E-state index contributed by atoms with van der Waals surface area (Å²) >= 11 is 0. The van der Waals surface area contributed by atoms with Crippen molar-refractivity contribution in [2.24, 2.45) is 5.92 Å². The van der Waals surface area contributed by atoms with Crippen LogP contribution in [-0.4, -0.2) is 34.4 Å². The third kappa shape index (κ3) is 7.50. The second-order valence-electron chi connectivity index (χ2n) is 9.86. The summed E-state index contributed by atoms with van der Waals surface area (Å²) in [5.41, 5.74) is 2.60. The molecule has 1 aliphatic rings. The van der Waals surface area contributed by atoms with Crippen LogP contribution in [0.25, 0.3) is 11.3 Å². The van der Waals surface area contributed by atoms with Crippen molar-refractivity contribution in [1.29, 1.82) is 0 Å². The Morgan fingerprint density at radius 3 is 2.06 bits per heavy atom. The summed E-state index contributed by atoms with van der Waals surface area (Å²) in [6.07, 6.45) is 3.64. The average Bonchev–Trinajstić information content (AvgIpc) is 2.74. The molecule has 0 atom stereocenters. The predicted octanol–water partition coefficient (Wildman–Crippen LogP) is 5.47. The van der Waals surface area contributed by atoms with Gasteiger partial charge in [-0.3, -0.25) is 9.59 Å². The standard InChI is InChI=1S/C18H23N3O.C8H16O2/c1-14(2)21-17(22)13-16(20-11-7-4-8-12-20)18(19-21)15-9-5-3-6-10-15;1-6(2)7(9)10-8(3,4)5/h3,5-6,9-10,13-14H,4,7-8,11-12H2,1-2H3;6H,1-5H3. The quantitative estimate of drug-likeness (QED) is 0.589. The smallest absolute Gasteiger partial charge is 0.308 e. The fraction of sp³-hybridized carbons (Fsp3) is 0.577. The Morgan fingerprint density at radius 2 is 1.59 bits per heavy atom. The molecule has 0 unspecified atom stereocenters. The predicted molar refractivity (Wildman–Crippen MR) is 131 cm³/mol. The number of hydrogen-bond donors (Lipinski definition) is 0. The fourth-order valence-corrected chi connectivity index (χ4v) is 3.43. The number of piperidine rings is 1. The Bertz CT molecular complexity index is 922. The Morgan fingerprint density at radius 1 is 1.00 bits per heavy atom. The molecule has 1 aliphatic heterocycles. The van der Waals surface area contributed by atoms with Gasteiger partial charge in [0.05, 0.1) is 17.6 Å². The second-order valence-corrected chi connectivity index (χ2v) is 9.86. The molecule has 0 saturated carbocycles. The lowest BCUT2D eigenvalue weighted by Gasteiger charge is -2.30. The molecule has 176 valence electrons. The van der Waals surface area contributed by atoms with Gasteiger partial charge in [-0.15, -0.1) is 0 Å². The van der Waals surface area contributed by atoms with Gasteiger partial charge >= 0.3 is 5.97 Å². The summed E-state index contributed by atoms with van der Waals surface area (Å²) in [6, 6.07) is 12.0. The minimum atomic E-state index is -0.346. The summed E-state index contributed by atoms with van der Waals surface area (Å²) in [6.45, 7) is 15.3. The highest BCUT2D eigenvalue weighted by Crippen LogP contribution is 2.29. The van der Waals surface area contributed by atoms with Crippen molar-refractivity contribution < 1.29 is 9.53 Å². The van der Waals surface area contributed by atoms with E-state index in [1.54, 1.807) is 10.7 Å². The number of aromatic nitrogens is 2. The summed E-state index contributed by atoms with van der Waals surface area (Å²) in [7, 11) is 0. The molecular formula is C26H39N3O3. The van der Waals surface area contributed by atoms with E-state index in [1.165, 1.54) is 19.3 Å². The molecule has 0 amide bonds. The van der Waals surface area contributed by atoms with Gasteiger partial charge in [-0.05, 0) is 53.9 Å². The van der Waals surface area contributed by atoms with Crippen molar-refractivity contribution >= 4 is 11.7 Å². The first kappa shape index (κ1) is 25.6.